The monoisotopic (exact) mass is 238 g/mol. The summed E-state index contributed by atoms with van der Waals surface area (Å²) in [6.45, 7) is 0. The lowest BCUT2D eigenvalue weighted by atomic mass is 10.5. The van der Waals surface area contributed by atoms with Crippen LogP contribution in [0.25, 0.3) is 5.78 Å². The molecule has 2 aromatic rings. The Bertz CT molecular complexity index is 500. The van der Waals surface area contributed by atoms with Crippen LogP contribution in [-0.2, 0) is 4.79 Å². The molecule has 0 fully saturated rings. The van der Waals surface area contributed by atoms with Gasteiger partial charge in [0, 0.05) is 6.20 Å². The minimum atomic E-state index is 0.446. The Morgan fingerprint density at radius 2 is 2.23 bits per heavy atom. The second-order valence-corrected chi connectivity index (χ2v) is 3.08. The Labute approximate surface area is 81.3 Å². The van der Waals surface area contributed by atoms with Gasteiger partial charge in [0.05, 0.1) is 12.4 Å². The number of fused-ring (bicyclic) bond motifs is 1. The van der Waals surface area contributed by atoms with E-state index >= 15 is 0 Å². The fourth-order valence-electron chi connectivity index (χ4n) is 0.946. The van der Waals surface area contributed by atoms with Crippen LogP contribution >= 0.6 is 15.9 Å². The molecule has 0 aliphatic heterocycles. The van der Waals surface area contributed by atoms with Crippen LogP contribution in [0.3, 0.4) is 0 Å². The molecular formula is C7H3BrN4O. The predicted molar refractivity (Wildman–Crippen MR) is 48.5 cm³/mol. The summed E-state index contributed by atoms with van der Waals surface area (Å²) in [6.07, 6.45) is 6.17. The standard InChI is InChI=1S/C7H3BrN4O/c8-6-2-10-7-9-1-5(11-4-13)3-12(6)7/h1-3H. The van der Waals surface area contributed by atoms with Gasteiger partial charge in [0.25, 0.3) is 0 Å². The number of rotatable bonds is 1. The summed E-state index contributed by atoms with van der Waals surface area (Å²) in [5, 5.41) is 0. The fraction of sp³-hybridized carbons (Fsp3) is 0. The second kappa shape index (κ2) is 3.08. The van der Waals surface area contributed by atoms with Gasteiger partial charge in [-0.15, -0.1) is 0 Å². The van der Waals surface area contributed by atoms with Crippen molar-refractivity contribution in [1.82, 2.24) is 14.4 Å². The van der Waals surface area contributed by atoms with Crippen molar-refractivity contribution in [2.75, 3.05) is 0 Å². The first-order valence-corrected chi connectivity index (χ1v) is 4.17. The van der Waals surface area contributed by atoms with Crippen molar-refractivity contribution in [2.24, 2.45) is 4.99 Å². The topological polar surface area (TPSA) is 59.6 Å². The molecular weight excluding hydrogens is 236 g/mol. The number of hydrogen-bond acceptors (Lipinski definition) is 4. The quantitative estimate of drug-likeness (QED) is 0.559. The molecule has 6 heteroatoms. The molecule has 0 saturated heterocycles. The number of carbonyl (C=O) groups excluding carboxylic acids is 1. The van der Waals surface area contributed by atoms with Crippen LogP contribution in [0, 0.1) is 0 Å². The summed E-state index contributed by atoms with van der Waals surface area (Å²) in [7, 11) is 0. The van der Waals surface area contributed by atoms with Crippen molar-refractivity contribution in [3.63, 3.8) is 0 Å². The average Bonchev–Trinajstić information content (AvgIpc) is 2.49. The van der Waals surface area contributed by atoms with E-state index in [-0.39, 0.29) is 0 Å². The van der Waals surface area contributed by atoms with Gasteiger partial charge in [-0.05, 0) is 15.9 Å². The average molecular weight is 239 g/mol. The summed E-state index contributed by atoms with van der Waals surface area (Å²) in [5.74, 6) is 0.553. The zero-order valence-corrected chi connectivity index (χ0v) is 7.89. The molecule has 0 saturated carbocycles. The van der Waals surface area contributed by atoms with Crippen LogP contribution in [-0.4, -0.2) is 20.4 Å². The molecule has 13 heavy (non-hydrogen) atoms. The van der Waals surface area contributed by atoms with E-state index in [1.165, 1.54) is 12.3 Å². The Hall–Kier alpha value is -1.52. The highest BCUT2D eigenvalue weighted by Gasteiger charge is 2.01. The van der Waals surface area contributed by atoms with E-state index in [9.17, 15) is 4.79 Å². The lowest BCUT2D eigenvalue weighted by Gasteiger charge is -1.94. The van der Waals surface area contributed by atoms with Crippen molar-refractivity contribution in [3.8, 4) is 0 Å². The molecule has 5 nitrogen and oxygen atoms in total. The molecule has 2 heterocycles. The highest BCUT2D eigenvalue weighted by Crippen LogP contribution is 2.15. The van der Waals surface area contributed by atoms with Crippen molar-refractivity contribution in [1.29, 1.82) is 0 Å². The molecule has 0 amide bonds. The molecule has 0 aliphatic rings. The molecule has 0 radical (unpaired) electrons. The van der Waals surface area contributed by atoms with Crippen LogP contribution in [0.4, 0.5) is 5.69 Å². The van der Waals surface area contributed by atoms with Gasteiger partial charge < -0.3 is 0 Å². The largest absolute Gasteiger partial charge is 0.276 e. The first-order valence-electron chi connectivity index (χ1n) is 3.38. The summed E-state index contributed by atoms with van der Waals surface area (Å²) in [6, 6.07) is 0. The van der Waals surface area contributed by atoms with Gasteiger partial charge in [-0.3, -0.25) is 4.40 Å². The maximum atomic E-state index is 9.98. The van der Waals surface area contributed by atoms with Gasteiger partial charge in [0.15, 0.2) is 0 Å². The number of halogens is 1. The summed E-state index contributed by atoms with van der Waals surface area (Å²) in [5.41, 5.74) is 0.446. The molecule has 2 aromatic heterocycles. The third kappa shape index (κ3) is 1.37. The van der Waals surface area contributed by atoms with Crippen molar-refractivity contribution < 1.29 is 4.79 Å². The summed E-state index contributed by atoms with van der Waals surface area (Å²) >= 11 is 3.27. The second-order valence-electron chi connectivity index (χ2n) is 2.27. The van der Waals surface area contributed by atoms with Gasteiger partial charge in [-0.1, -0.05) is 0 Å². The third-order valence-corrected chi connectivity index (χ3v) is 2.07. The predicted octanol–water partition coefficient (Wildman–Crippen LogP) is 1.46. The van der Waals surface area contributed by atoms with Crippen LogP contribution in [0.5, 0.6) is 0 Å². The molecule has 0 aromatic carbocycles. The highest BCUT2D eigenvalue weighted by molar-refractivity contribution is 9.10. The lowest BCUT2D eigenvalue weighted by molar-refractivity contribution is 0.565. The van der Waals surface area contributed by atoms with Gasteiger partial charge in [-0.2, -0.15) is 4.99 Å². The highest BCUT2D eigenvalue weighted by atomic mass is 79.9. The van der Waals surface area contributed by atoms with Gasteiger partial charge >= 0.3 is 0 Å². The van der Waals surface area contributed by atoms with Crippen LogP contribution in [0.2, 0.25) is 0 Å². The van der Waals surface area contributed by atoms with Crippen LogP contribution in [0.15, 0.2) is 28.2 Å². The maximum Gasteiger partial charge on any atom is 0.240 e. The van der Waals surface area contributed by atoms with Crippen molar-refractivity contribution in [3.05, 3.63) is 23.2 Å². The van der Waals surface area contributed by atoms with E-state index in [2.05, 4.69) is 30.9 Å². The number of hydrogen-bond donors (Lipinski definition) is 0. The molecule has 0 N–H and O–H groups in total. The number of nitrogens with zero attached hydrogens (tertiary/aromatic N) is 4. The minimum absolute atomic E-state index is 0.446. The smallest absolute Gasteiger partial charge is 0.240 e. The Morgan fingerprint density at radius 1 is 1.46 bits per heavy atom. The number of aromatic nitrogens is 3. The molecule has 64 valence electrons. The Morgan fingerprint density at radius 3 is 3.00 bits per heavy atom. The van der Waals surface area contributed by atoms with E-state index in [0.29, 0.717) is 11.5 Å². The van der Waals surface area contributed by atoms with Crippen LogP contribution < -0.4 is 0 Å². The van der Waals surface area contributed by atoms with E-state index in [4.69, 9.17) is 0 Å². The van der Waals surface area contributed by atoms with Crippen LogP contribution in [0.1, 0.15) is 0 Å². The third-order valence-electron chi connectivity index (χ3n) is 1.48. The van der Waals surface area contributed by atoms with Gasteiger partial charge in [-0.25, -0.2) is 14.8 Å². The van der Waals surface area contributed by atoms with Gasteiger partial charge in [0.1, 0.15) is 10.3 Å². The zero-order chi connectivity index (χ0) is 9.26. The first-order chi connectivity index (χ1) is 6.31. The molecule has 0 atom stereocenters. The molecule has 0 unspecified atom stereocenters. The molecule has 0 spiro atoms. The molecule has 0 aliphatic carbocycles. The van der Waals surface area contributed by atoms with Gasteiger partial charge in [0.2, 0.25) is 11.9 Å². The number of aliphatic imine (C=N–C) groups is 1. The SMILES string of the molecule is O=C=Nc1cnc2ncc(Br)n2c1. The minimum Gasteiger partial charge on any atom is -0.276 e. The Kier molecular flexibility index (Phi) is 1.92. The summed E-state index contributed by atoms with van der Waals surface area (Å²) < 4.78 is 2.44. The van der Waals surface area contributed by atoms with E-state index < -0.39 is 0 Å². The Balaban J connectivity index is 2.72. The summed E-state index contributed by atoms with van der Waals surface area (Å²) in [4.78, 5) is 21.4. The van der Waals surface area contributed by atoms with E-state index in [1.54, 1.807) is 16.8 Å². The van der Waals surface area contributed by atoms with Crippen molar-refractivity contribution >= 4 is 33.5 Å². The normalized spacial score (nSPS) is 9.92. The molecule has 0 bridgehead atoms. The zero-order valence-electron chi connectivity index (χ0n) is 6.31. The fourth-order valence-corrected chi connectivity index (χ4v) is 1.31. The molecule has 2 rings (SSSR count). The number of imidazole rings is 1. The maximum absolute atomic E-state index is 9.98. The van der Waals surface area contributed by atoms with Crippen molar-refractivity contribution in [2.45, 2.75) is 0 Å². The number of isocyanates is 1. The van der Waals surface area contributed by atoms with E-state index in [0.717, 1.165) is 4.60 Å². The lowest BCUT2D eigenvalue weighted by Crippen LogP contribution is -1.86. The van der Waals surface area contributed by atoms with E-state index in [1.807, 2.05) is 0 Å². The first kappa shape index (κ1) is 8.10.